The number of nitrogens with one attached hydrogen (secondary N) is 1. The second-order valence-corrected chi connectivity index (χ2v) is 3.47. The Balaban J connectivity index is 2.29. The number of carbonyl (C=O) groups excluding carboxylic acids is 1. The first kappa shape index (κ1) is 9.76. The minimum atomic E-state index is -0.567. The number of rotatable bonds is 4. The SMILES string of the molecule is CNc1ccc(OC2CC2)c(C(N)=O)n1. The van der Waals surface area contributed by atoms with Gasteiger partial charge in [-0.2, -0.15) is 0 Å². The average Bonchev–Trinajstić information content (AvgIpc) is 3.02. The Bertz CT molecular complexity index is 388. The molecule has 5 nitrogen and oxygen atoms in total. The first-order valence-corrected chi connectivity index (χ1v) is 4.86. The van der Waals surface area contributed by atoms with Crippen LogP contribution in [0.5, 0.6) is 5.75 Å². The van der Waals surface area contributed by atoms with Gasteiger partial charge in [-0.3, -0.25) is 4.79 Å². The minimum Gasteiger partial charge on any atom is -0.488 e. The summed E-state index contributed by atoms with van der Waals surface area (Å²) in [6, 6.07) is 3.47. The van der Waals surface area contributed by atoms with Gasteiger partial charge in [0.1, 0.15) is 5.82 Å². The van der Waals surface area contributed by atoms with Crippen LogP contribution in [0.1, 0.15) is 23.3 Å². The van der Waals surface area contributed by atoms with Gasteiger partial charge >= 0.3 is 0 Å². The van der Waals surface area contributed by atoms with E-state index in [2.05, 4.69) is 10.3 Å². The van der Waals surface area contributed by atoms with Crippen molar-refractivity contribution in [3.8, 4) is 5.75 Å². The highest BCUT2D eigenvalue weighted by Gasteiger charge is 2.25. The predicted molar refractivity (Wildman–Crippen MR) is 56.0 cm³/mol. The normalized spacial score (nSPS) is 14.7. The first-order valence-electron chi connectivity index (χ1n) is 4.86. The number of hydrogen-bond donors (Lipinski definition) is 2. The second-order valence-electron chi connectivity index (χ2n) is 3.47. The number of ether oxygens (including phenoxy) is 1. The zero-order valence-electron chi connectivity index (χ0n) is 8.49. The van der Waals surface area contributed by atoms with Crippen molar-refractivity contribution in [2.24, 2.45) is 5.73 Å². The fourth-order valence-electron chi connectivity index (χ4n) is 1.22. The summed E-state index contributed by atoms with van der Waals surface area (Å²) in [6.45, 7) is 0. The number of aromatic nitrogens is 1. The Labute approximate surface area is 87.6 Å². The molecular formula is C10H13N3O2. The zero-order valence-corrected chi connectivity index (χ0v) is 8.49. The van der Waals surface area contributed by atoms with Crippen LogP contribution in [0.2, 0.25) is 0 Å². The van der Waals surface area contributed by atoms with Crippen LogP contribution in [0.25, 0.3) is 0 Å². The van der Waals surface area contributed by atoms with Crippen molar-refractivity contribution in [3.05, 3.63) is 17.8 Å². The molecule has 1 saturated carbocycles. The maximum absolute atomic E-state index is 11.1. The van der Waals surface area contributed by atoms with Crippen molar-refractivity contribution in [3.63, 3.8) is 0 Å². The third kappa shape index (κ3) is 2.18. The van der Waals surface area contributed by atoms with Crippen LogP contribution in [0.15, 0.2) is 12.1 Å². The Kier molecular flexibility index (Phi) is 2.45. The highest BCUT2D eigenvalue weighted by Crippen LogP contribution is 2.28. The van der Waals surface area contributed by atoms with Crippen LogP contribution < -0.4 is 15.8 Å². The van der Waals surface area contributed by atoms with Crippen LogP contribution in [-0.2, 0) is 0 Å². The Morgan fingerprint density at radius 1 is 1.60 bits per heavy atom. The number of hydrogen-bond acceptors (Lipinski definition) is 4. The summed E-state index contributed by atoms with van der Waals surface area (Å²) in [4.78, 5) is 15.2. The molecule has 3 N–H and O–H groups in total. The summed E-state index contributed by atoms with van der Waals surface area (Å²) in [5.41, 5.74) is 5.41. The largest absolute Gasteiger partial charge is 0.488 e. The number of primary amides is 1. The van der Waals surface area contributed by atoms with Crippen LogP contribution in [0.4, 0.5) is 5.82 Å². The van der Waals surface area contributed by atoms with Gasteiger partial charge in [0, 0.05) is 7.05 Å². The van der Waals surface area contributed by atoms with E-state index in [9.17, 15) is 4.79 Å². The summed E-state index contributed by atoms with van der Waals surface area (Å²) < 4.78 is 5.53. The lowest BCUT2D eigenvalue weighted by Gasteiger charge is -2.09. The molecule has 1 fully saturated rings. The Morgan fingerprint density at radius 3 is 2.87 bits per heavy atom. The lowest BCUT2D eigenvalue weighted by Crippen LogP contribution is -2.16. The van der Waals surface area contributed by atoms with Gasteiger partial charge in [0.05, 0.1) is 6.10 Å². The van der Waals surface area contributed by atoms with Gasteiger partial charge in [-0.15, -0.1) is 0 Å². The molecule has 1 aromatic rings. The van der Waals surface area contributed by atoms with Crippen LogP contribution in [-0.4, -0.2) is 24.0 Å². The number of anilines is 1. The highest BCUT2D eigenvalue weighted by molar-refractivity contribution is 5.94. The standard InChI is InChI=1S/C10H13N3O2/c1-12-8-5-4-7(15-6-2-3-6)9(13-8)10(11)14/h4-6H,2-3H2,1H3,(H2,11,14)(H,12,13). The van der Waals surface area contributed by atoms with Crippen molar-refractivity contribution >= 4 is 11.7 Å². The second kappa shape index (κ2) is 3.76. The number of nitrogens with zero attached hydrogens (tertiary/aromatic N) is 1. The number of amides is 1. The van der Waals surface area contributed by atoms with E-state index in [-0.39, 0.29) is 11.8 Å². The Hall–Kier alpha value is -1.78. The van der Waals surface area contributed by atoms with Gasteiger partial charge in [0.2, 0.25) is 0 Å². The quantitative estimate of drug-likeness (QED) is 0.764. The minimum absolute atomic E-state index is 0.189. The molecule has 0 radical (unpaired) electrons. The molecule has 0 bridgehead atoms. The smallest absolute Gasteiger partial charge is 0.271 e. The lowest BCUT2D eigenvalue weighted by atomic mass is 10.3. The molecule has 2 rings (SSSR count). The molecule has 1 aliphatic rings. The molecule has 0 aromatic carbocycles. The first-order chi connectivity index (χ1) is 7.20. The molecule has 1 heterocycles. The van der Waals surface area contributed by atoms with E-state index in [4.69, 9.17) is 10.5 Å². The van der Waals surface area contributed by atoms with Crippen LogP contribution in [0.3, 0.4) is 0 Å². The molecule has 15 heavy (non-hydrogen) atoms. The maximum atomic E-state index is 11.1. The zero-order chi connectivity index (χ0) is 10.8. The van der Waals surface area contributed by atoms with Gasteiger partial charge < -0.3 is 15.8 Å². The topological polar surface area (TPSA) is 77.2 Å². The highest BCUT2D eigenvalue weighted by atomic mass is 16.5. The van der Waals surface area contributed by atoms with Crippen LogP contribution in [0, 0.1) is 0 Å². The van der Waals surface area contributed by atoms with Gasteiger partial charge in [-0.25, -0.2) is 4.98 Å². The van der Waals surface area contributed by atoms with E-state index in [1.54, 1.807) is 19.2 Å². The number of nitrogens with two attached hydrogens (primary N) is 1. The summed E-state index contributed by atoms with van der Waals surface area (Å²) in [6.07, 6.45) is 2.29. The van der Waals surface area contributed by atoms with Crippen molar-refractivity contribution < 1.29 is 9.53 Å². The molecule has 1 aromatic heterocycles. The van der Waals surface area contributed by atoms with Crippen molar-refractivity contribution in [1.29, 1.82) is 0 Å². The van der Waals surface area contributed by atoms with E-state index >= 15 is 0 Å². The molecule has 0 aliphatic heterocycles. The summed E-state index contributed by atoms with van der Waals surface area (Å²) in [7, 11) is 1.73. The molecule has 0 saturated heterocycles. The summed E-state index contributed by atoms with van der Waals surface area (Å²) >= 11 is 0. The number of pyridine rings is 1. The monoisotopic (exact) mass is 207 g/mol. The molecule has 80 valence electrons. The molecule has 0 unspecified atom stereocenters. The summed E-state index contributed by atoms with van der Waals surface area (Å²) in [5.74, 6) is 0.513. The fourth-order valence-corrected chi connectivity index (χ4v) is 1.22. The molecule has 0 spiro atoms. The fraction of sp³-hybridized carbons (Fsp3) is 0.400. The Morgan fingerprint density at radius 2 is 2.33 bits per heavy atom. The third-order valence-electron chi connectivity index (χ3n) is 2.17. The van der Waals surface area contributed by atoms with Gasteiger partial charge in [0.25, 0.3) is 5.91 Å². The summed E-state index contributed by atoms with van der Waals surface area (Å²) in [5, 5.41) is 2.84. The molecule has 5 heteroatoms. The molecule has 0 atom stereocenters. The van der Waals surface area contributed by atoms with Gasteiger partial charge in [0.15, 0.2) is 11.4 Å². The van der Waals surface area contributed by atoms with Crippen molar-refractivity contribution in [2.75, 3.05) is 12.4 Å². The van der Waals surface area contributed by atoms with Gasteiger partial charge in [-0.05, 0) is 25.0 Å². The molecular weight excluding hydrogens is 194 g/mol. The van der Waals surface area contributed by atoms with Crippen molar-refractivity contribution in [1.82, 2.24) is 4.98 Å². The van der Waals surface area contributed by atoms with E-state index in [0.29, 0.717) is 11.6 Å². The van der Waals surface area contributed by atoms with Gasteiger partial charge in [-0.1, -0.05) is 0 Å². The van der Waals surface area contributed by atoms with Crippen molar-refractivity contribution in [2.45, 2.75) is 18.9 Å². The number of carbonyl (C=O) groups is 1. The van der Waals surface area contributed by atoms with E-state index in [1.807, 2.05) is 0 Å². The predicted octanol–water partition coefficient (Wildman–Crippen LogP) is 0.763. The van der Waals surface area contributed by atoms with Crippen LogP contribution >= 0.6 is 0 Å². The molecule has 1 aliphatic carbocycles. The lowest BCUT2D eigenvalue weighted by molar-refractivity contribution is 0.0991. The average molecular weight is 207 g/mol. The molecule has 1 amide bonds. The van der Waals surface area contributed by atoms with E-state index < -0.39 is 5.91 Å². The van der Waals surface area contributed by atoms with E-state index in [0.717, 1.165) is 12.8 Å². The van der Waals surface area contributed by atoms with E-state index in [1.165, 1.54) is 0 Å². The maximum Gasteiger partial charge on any atom is 0.271 e. The third-order valence-corrected chi connectivity index (χ3v) is 2.17.